The molecule has 180 valence electrons. The van der Waals surface area contributed by atoms with Crippen LogP contribution in [0.25, 0.3) is 0 Å². The molecule has 1 aromatic heterocycles. The Kier molecular flexibility index (Phi) is 7.56. The van der Waals surface area contributed by atoms with E-state index in [0.29, 0.717) is 5.01 Å². The van der Waals surface area contributed by atoms with E-state index in [1.54, 1.807) is 0 Å². The van der Waals surface area contributed by atoms with Gasteiger partial charge in [0, 0.05) is 18.8 Å². The molecule has 3 aromatic rings. The van der Waals surface area contributed by atoms with Crippen molar-refractivity contribution < 1.29 is 18.4 Å². The van der Waals surface area contributed by atoms with Crippen LogP contribution in [0.3, 0.4) is 0 Å². The van der Waals surface area contributed by atoms with Crippen LogP contribution in [-0.2, 0) is 0 Å². The first kappa shape index (κ1) is 25.0. The monoisotopic (exact) mass is 479 g/mol. The number of urea groups is 2. The first-order valence-corrected chi connectivity index (χ1v) is 10.5. The van der Waals surface area contributed by atoms with E-state index in [9.17, 15) is 23.6 Å². The highest BCUT2D eigenvalue weighted by Gasteiger charge is 2.33. The number of para-hydroxylation sites is 2. The quantitative estimate of drug-likeness (QED) is 0.489. The first-order chi connectivity index (χ1) is 16.6. The number of nitrogens with zero attached hydrogens (tertiary/aromatic N) is 5. The maximum Gasteiger partial charge on any atom is 0.349 e. The molecule has 0 bridgehead atoms. The lowest BCUT2D eigenvalue weighted by atomic mass is 9.96. The van der Waals surface area contributed by atoms with Crippen LogP contribution in [0.15, 0.2) is 60.8 Å². The maximum absolute atomic E-state index is 14.3. The number of halogens is 2. The third-order valence-electron chi connectivity index (χ3n) is 4.49. The van der Waals surface area contributed by atoms with Gasteiger partial charge in [-0.3, -0.25) is 5.01 Å². The fourth-order valence-electron chi connectivity index (χ4n) is 3.02. The Labute approximate surface area is 201 Å². The second-order valence-electron chi connectivity index (χ2n) is 8.60. The molecule has 0 fully saturated rings. The van der Waals surface area contributed by atoms with E-state index in [4.69, 9.17) is 0 Å². The molecule has 0 spiro atoms. The number of nitriles is 1. The predicted octanol–water partition coefficient (Wildman–Crippen LogP) is 5.16. The Morgan fingerprint density at radius 2 is 1.46 bits per heavy atom. The number of carbonyl (C=O) groups excluding carboxylic acids is 2. The Morgan fingerprint density at radius 1 is 0.943 bits per heavy atom. The molecule has 2 N–H and O–H groups in total. The average Bonchev–Trinajstić information content (AvgIpc) is 2.81. The maximum atomic E-state index is 14.3. The van der Waals surface area contributed by atoms with Crippen LogP contribution in [0, 0.1) is 28.4 Å². The van der Waals surface area contributed by atoms with Crippen molar-refractivity contribution in [1.29, 1.82) is 5.26 Å². The molecule has 0 saturated heterocycles. The van der Waals surface area contributed by atoms with Crippen molar-refractivity contribution in [3.05, 3.63) is 78.3 Å². The van der Waals surface area contributed by atoms with Crippen molar-refractivity contribution in [3.8, 4) is 6.07 Å². The molecule has 0 atom stereocenters. The molecule has 0 unspecified atom stereocenters. The average molecular weight is 479 g/mol. The van der Waals surface area contributed by atoms with E-state index >= 15 is 0 Å². The summed E-state index contributed by atoms with van der Waals surface area (Å²) in [6.45, 7) is 5.63. The first-order valence-electron chi connectivity index (χ1n) is 10.5. The van der Waals surface area contributed by atoms with Crippen LogP contribution >= 0.6 is 0 Å². The number of benzene rings is 2. The summed E-state index contributed by atoms with van der Waals surface area (Å²) in [6.07, 6.45) is 1.30. The fraction of sp³-hybridized carbons (Fsp3) is 0.208. The van der Waals surface area contributed by atoms with E-state index in [0.717, 1.165) is 12.1 Å². The van der Waals surface area contributed by atoms with Crippen LogP contribution in [0.4, 0.5) is 35.6 Å². The molecule has 35 heavy (non-hydrogen) atoms. The van der Waals surface area contributed by atoms with Crippen LogP contribution in [0.2, 0.25) is 0 Å². The van der Waals surface area contributed by atoms with Crippen molar-refractivity contribution in [2.45, 2.75) is 20.8 Å². The summed E-state index contributed by atoms with van der Waals surface area (Å²) >= 11 is 0. The van der Waals surface area contributed by atoms with Crippen molar-refractivity contribution in [2.75, 3.05) is 22.2 Å². The molecule has 1 heterocycles. The molecule has 0 saturated carbocycles. The van der Waals surface area contributed by atoms with Crippen LogP contribution < -0.4 is 15.6 Å². The van der Waals surface area contributed by atoms with Gasteiger partial charge in [-0.2, -0.15) is 10.2 Å². The van der Waals surface area contributed by atoms with Crippen molar-refractivity contribution >= 4 is 29.3 Å². The third kappa shape index (κ3) is 6.48. The van der Waals surface area contributed by atoms with Crippen LogP contribution in [-0.4, -0.2) is 33.6 Å². The molecule has 2 aromatic carbocycles. The van der Waals surface area contributed by atoms with Gasteiger partial charge in [0.15, 0.2) is 5.82 Å². The lowest BCUT2D eigenvalue weighted by Crippen LogP contribution is -2.56. The standard InChI is InChI=1S/C24H23F2N7O2/c1-24(2,3)15-32(21-12-13-28-20(14-27)31-21)33(22(34)29-18-10-6-4-8-16(18)25)23(35)30-19-11-7-5-9-17(19)26/h4-13H,15H2,1-3H3,(H,29,34)(H,30,35). The van der Waals surface area contributed by atoms with Gasteiger partial charge < -0.3 is 10.6 Å². The summed E-state index contributed by atoms with van der Waals surface area (Å²) in [6, 6.07) is 12.0. The van der Waals surface area contributed by atoms with Gasteiger partial charge in [-0.05, 0) is 29.7 Å². The molecule has 0 aliphatic heterocycles. The number of hydrogen-bond donors (Lipinski definition) is 2. The lowest BCUT2D eigenvalue weighted by molar-refractivity contribution is 0.191. The molecule has 0 aliphatic carbocycles. The van der Waals surface area contributed by atoms with Crippen LogP contribution in [0.5, 0.6) is 0 Å². The van der Waals surface area contributed by atoms with Gasteiger partial charge in [0.25, 0.3) is 0 Å². The van der Waals surface area contributed by atoms with E-state index in [-0.39, 0.29) is 29.6 Å². The van der Waals surface area contributed by atoms with Gasteiger partial charge in [0.1, 0.15) is 17.7 Å². The van der Waals surface area contributed by atoms with Gasteiger partial charge in [-0.25, -0.2) is 23.4 Å². The molecule has 4 amide bonds. The molecule has 11 heteroatoms. The van der Waals surface area contributed by atoms with E-state index in [1.165, 1.54) is 53.7 Å². The molecule has 3 rings (SSSR count). The third-order valence-corrected chi connectivity index (χ3v) is 4.49. The smallest absolute Gasteiger partial charge is 0.303 e. The molecule has 0 aliphatic rings. The van der Waals surface area contributed by atoms with E-state index in [1.807, 2.05) is 26.8 Å². The number of aromatic nitrogens is 2. The number of carbonyl (C=O) groups is 2. The SMILES string of the molecule is CC(C)(C)CN(c1ccnc(C#N)n1)N(C(=O)Nc1ccccc1F)C(=O)Nc1ccccc1F. The Hall–Kier alpha value is -4.59. The van der Waals surface area contributed by atoms with Crippen molar-refractivity contribution in [2.24, 2.45) is 5.41 Å². The summed E-state index contributed by atoms with van der Waals surface area (Å²) < 4.78 is 28.5. The number of rotatable bonds is 5. The number of hydrazine groups is 1. The number of hydrogen-bond acceptors (Lipinski definition) is 6. The summed E-state index contributed by atoms with van der Waals surface area (Å²) in [5.74, 6) is -1.57. The summed E-state index contributed by atoms with van der Waals surface area (Å²) in [5.41, 5.74) is -0.832. The van der Waals surface area contributed by atoms with Crippen molar-refractivity contribution in [3.63, 3.8) is 0 Å². The van der Waals surface area contributed by atoms with Gasteiger partial charge in [-0.1, -0.05) is 45.0 Å². The topological polar surface area (TPSA) is 114 Å². The zero-order valence-electron chi connectivity index (χ0n) is 19.3. The molecule has 0 radical (unpaired) electrons. The fourth-order valence-corrected chi connectivity index (χ4v) is 3.02. The summed E-state index contributed by atoms with van der Waals surface area (Å²) in [4.78, 5) is 34.7. The van der Waals surface area contributed by atoms with Gasteiger partial charge in [-0.15, -0.1) is 5.01 Å². The highest BCUT2D eigenvalue weighted by molar-refractivity contribution is 6.06. The minimum atomic E-state index is -1.04. The van der Waals surface area contributed by atoms with Gasteiger partial charge in [0.05, 0.1) is 11.4 Å². The summed E-state index contributed by atoms with van der Waals surface area (Å²) in [7, 11) is 0. The summed E-state index contributed by atoms with van der Waals surface area (Å²) in [5, 5.41) is 15.8. The highest BCUT2D eigenvalue weighted by atomic mass is 19.1. The Bertz CT molecular complexity index is 1210. The number of imide groups is 1. The largest absolute Gasteiger partial charge is 0.349 e. The lowest BCUT2D eigenvalue weighted by Gasteiger charge is -2.37. The van der Waals surface area contributed by atoms with Gasteiger partial charge in [0.2, 0.25) is 5.82 Å². The zero-order valence-corrected chi connectivity index (χ0v) is 19.3. The normalized spacial score (nSPS) is 10.7. The second kappa shape index (κ2) is 10.6. The zero-order chi connectivity index (χ0) is 25.6. The minimum absolute atomic E-state index is 0.0545. The molecule has 9 nitrogen and oxygen atoms in total. The van der Waals surface area contributed by atoms with Gasteiger partial charge >= 0.3 is 12.1 Å². The number of amides is 4. The number of anilines is 3. The highest BCUT2D eigenvalue weighted by Crippen LogP contribution is 2.24. The molecular formula is C24H23F2N7O2. The minimum Gasteiger partial charge on any atom is -0.303 e. The van der Waals surface area contributed by atoms with E-state index < -0.39 is 29.1 Å². The van der Waals surface area contributed by atoms with Crippen LogP contribution in [0.1, 0.15) is 26.6 Å². The van der Waals surface area contributed by atoms with E-state index in [2.05, 4.69) is 20.6 Å². The Morgan fingerprint density at radius 3 is 1.91 bits per heavy atom. The van der Waals surface area contributed by atoms with Crippen molar-refractivity contribution in [1.82, 2.24) is 15.0 Å². The molecular weight excluding hydrogens is 456 g/mol. The second-order valence-corrected chi connectivity index (χ2v) is 8.60. The Balaban J connectivity index is 2.09. The number of nitrogens with one attached hydrogen (secondary N) is 2. The predicted molar refractivity (Wildman–Crippen MR) is 126 cm³/mol.